The zero-order valence-corrected chi connectivity index (χ0v) is 18.9. The Balaban J connectivity index is 1.38. The molecule has 7 nitrogen and oxygen atoms in total. The number of anilines is 2. The zero-order chi connectivity index (χ0) is 21.8. The molecular formula is C23H27N5O2S. The molecule has 1 saturated heterocycles. The summed E-state index contributed by atoms with van der Waals surface area (Å²) in [4.78, 5) is 15.0. The molecule has 1 aliphatic heterocycles. The van der Waals surface area contributed by atoms with Crippen molar-refractivity contribution in [1.82, 2.24) is 14.8 Å². The van der Waals surface area contributed by atoms with Gasteiger partial charge in [-0.25, -0.2) is 0 Å². The lowest BCUT2D eigenvalue weighted by Crippen LogP contribution is -2.36. The molecule has 3 aromatic rings. The Kier molecular flexibility index (Phi) is 6.58. The Hall–Kier alpha value is -2.84. The van der Waals surface area contributed by atoms with Crippen LogP contribution in [0.15, 0.2) is 53.7 Å². The van der Waals surface area contributed by atoms with Crippen LogP contribution in [0.4, 0.5) is 11.4 Å². The van der Waals surface area contributed by atoms with Crippen molar-refractivity contribution in [3.8, 4) is 11.4 Å². The summed E-state index contributed by atoms with van der Waals surface area (Å²) in [5.41, 5.74) is 4.11. The van der Waals surface area contributed by atoms with Gasteiger partial charge in [0.15, 0.2) is 11.0 Å². The minimum Gasteiger partial charge on any atom is -0.378 e. The largest absolute Gasteiger partial charge is 0.378 e. The Morgan fingerprint density at radius 2 is 1.81 bits per heavy atom. The van der Waals surface area contributed by atoms with Crippen molar-refractivity contribution in [1.29, 1.82) is 0 Å². The SMILES string of the molecule is Cc1ccccc1-c1nnc(S[C@H](C)C(=O)Nc2ccc(N3CCOCC3)cc2)n1C. The Labute approximate surface area is 186 Å². The molecule has 1 fully saturated rings. The smallest absolute Gasteiger partial charge is 0.237 e. The fourth-order valence-electron chi connectivity index (χ4n) is 3.51. The number of carbonyl (C=O) groups is 1. The van der Waals surface area contributed by atoms with Gasteiger partial charge in [0.2, 0.25) is 5.91 Å². The second-order valence-corrected chi connectivity index (χ2v) is 8.88. The van der Waals surface area contributed by atoms with Gasteiger partial charge < -0.3 is 19.5 Å². The predicted octanol–water partition coefficient (Wildman–Crippen LogP) is 3.75. The molecule has 0 saturated carbocycles. The summed E-state index contributed by atoms with van der Waals surface area (Å²) in [5, 5.41) is 12.0. The highest BCUT2D eigenvalue weighted by Gasteiger charge is 2.20. The van der Waals surface area contributed by atoms with Crippen LogP contribution in [0.5, 0.6) is 0 Å². The maximum absolute atomic E-state index is 12.7. The quantitative estimate of drug-likeness (QED) is 0.592. The lowest BCUT2D eigenvalue weighted by molar-refractivity contribution is -0.115. The number of ether oxygens (including phenoxy) is 1. The molecule has 2 heterocycles. The number of amides is 1. The molecule has 1 N–H and O–H groups in total. The number of morpholine rings is 1. The number of hydrogen-bond donors (Lipinski definition) is 1. The molecule has 1 atom stereocenters. The van der Waals surface area contributed by atoms with Gasteiger partial charge in [-0.15, -0.1) is 10.2 Å². The summed E-state index contributed by atoms with van der Waals surface area (Å²) in [6.07, 6.45) is 0. The van der Waals surface area contributed by atoms with Crippen LogP contribution in [0.1, 0.15) is 12.5 Å². The molecule has 0 aliphatic carbocycles. The highest BCUT2D eigenvalue weighted by molar-refractivity contribution is 8.00. The van der Waals surface area contributed by atoms with Crippen molar-refractivity contribution in [3.05, 3.63) is 54.1 Å². The van der Waals surface area contributed by atoms with Crippen LogP contribution in [0.2, 0.25) is 0 Å². The number of aromatic nitrogens is 3. The monoisotopic (exact) mass is 437 g/mol. The number of carbonyl (C=O) groups excluding carboxylic acids is 1. The standard InChI is InChI=1S/C23H27N5O2S/c1-16-6-4-5-7-20(16)21-25-26-23(27(21)3)31-17(2)22(29)24-18-8-10-19(11-9-18)28-12-14-30-15-13-28/h4-11,17H,12-15H2,1-3H3,(H,24,29)/t17-/m1/s1. The van der Waals surface area contributed by atoms with Crippen LogP contribution in [-0.4, -0.2) is 52.2 Å². The number of nitrogens with one attached hydrogen (secondary N) is 1. The molecule has 2 aromatic carbocycles. The third kappa shape index (κ3) is 4.91. The van der Waals surface area contributed by atoms with Gasteiger partial charge in [0.05, 0.1) is 18.5 Å². The summed E-state index contributed by atoms with van der Waals surface area (Å²) in [7, 11) is 1.93. The van der Waals surface area contributed by atoms with E-state index in [0.717, 1.165) is 54.6 Å². The third-order valence-corrected chi connectivity index (χ3v) is 6.52. The van der Waals surface area contributed by atoms with Gasteiger partial charge in [-0.1, -0.05) is 36.0 Å². The van der Waals surface area contributed by atoms with Crippen molar-refractivity contribution in [3.63, 3.8) is 0 Å². The molecule has 1 aliphatic rings. The Morgan fingerprint density at radius 3 is 2.52 bits per heavy atom. The van der Waals surface area contributed by atoms with Crippen molar-refractivity contribution in [2.45, 2.75) is 24.3 Å². The number of benzene rings is 2. The first-order chi connectivity index (χ1) is 15.0. The Bertz CT molecular complexity index is 1040. The van der Waals surface area contributed by atoms with Gasteiger partial charge >= 0.3 is 0 Å². The van der Waals surface area contributed by atoms with Crippen LogP contribution >= 0.6 is 11.8 Å². The molecule has 31 heavy (non-hydrogen) atoms. The van der Waals surface area contributed by atoms with Crippen molar-refractivity contribution in [2.75, 3.05) is 36.5 Å². The van der Waals surface area contributed by atoms with Gasteiger partial charge in [0, 0.05) is 37.1 Å². The fraction of sp³-hybridized carbons (Fsp3) is 0.348. The zero-order valence-electron chi connectivity index (χ0n) is 18.0. The average molecular weight is 438 g/mol. The van der Waals surface area contributed by atoms with Crippen LogP contribution in [0, 0.1) is 6.92 Å². The van der Waals surface area contributed by atoms with Crippen LogP contribution in [0.3, 0.4) is 0 Å². The second kappa shape index (κ2) is 9.53. The average Bonchev–Trinajstić information content (AvgIpc) is 3.15. The third-order valence-electron chi connectivity index (χ3n) is 5.38. The minimum atomic E-state index is -0.313. The molecule has 0 radical (unpaired) electrons. The number of rotatable bonds is 6. The minimum absolute atomic E-state index is 0.0652. The van der Waals surface area contributed by atoms with Gasteiger partial charge in [0.25, 0.3) is 0 Å². The van der Waals surface area contributed by atoms with E-state index in [-0.39, 0.29) is 11.2 Å². The van der Waals surface area contributed by atoms with Crippen LogP contribution < -0.4 is 10.2 Å². The molecule has 0 bridgehead atoms. The van der Waals surface area contributed by atoms with Gasteiger partial charge in [-0.3, -0.25) is 4.79 Å². The second-order valence-electron chi connectivity index (χ2n) is 7.58. The first-order valence-corrected chi connectivity index (χ1v) is 11.3. The lowest BCUT2D eigenvalue weighted by atomic mass is 10.1. The topological polar surface area (TPSA) is 72.3 Å². The van der Waals surface area contributed by atoms with E-state index in [1.807, 2.05) is 61.0 Å². The van der Waals surface area contributed by atoms with E-state index in [2.05, 4.69) is 33.4 Å². The lowest BCUT2D eigenvalue weighted by Gasteiger charge is -2.28. The van der Waals surface area contributed by atoms with Gasteiger partial charge in [-0.2, -0.15) is 0 Å². The fourth-order valence-corrected chi connectivity index (χ4v) is 4.32. The van der Waals surface area contributed by atoms with Crippen LogP contribution in [0.25, 0.3) is 11.4 Å². The number of thioether (sulfide) groups is 1. The summed E-state index contributed by atoms with van der Waals surface area (Å²) >= 11 is 1.40. The van der Waals surface area contributed by atoms with Crippen LogP contribution in [-0.2, 0) is 16.6 Å². The van der Waals surface area contributed by atoms with E-state index < -0.39 is 0 Å². The molecular weight excluding hydrogens is 410 g/mol. The molecule has 1 amide bonds. The number of aryl methyl sites for hydroxylation is 1. The van der Waals surface area contributed by atoms with Gasteiger partial charge in [0.1, 0.15) is 0 Å². The first kappa shape index (κ1) is 21.4. The summed E-state index contributed by atoms with van der Waals surface area (Å²) < 4.78 is 7.34. The predicted molar refractivity (Wildman–Crippen MR) is 125 cm³/mol. The number of hydrogen-bond acceptors (Lipinski definition) is 6. The van der Waals surface area contributed by atoms with Gasteiger partial charge in [-0.05, 0) is 43.7 Å². The van der Waals surface area contributed by atoms with E-state index in [1.54, 1.807) is 0 Å². The first-order valence-electron chi connectivity index (χ1n) is 10.4. The molecule has 0 unspecified atom stereocenters. The summed E-state index contributed by atoms with van der Waals surface area (Å²) in [6, 6.07) is 16.0. The maximum atomic E-state index is 12.7. The van der Waals surface area contributed by atoms with E-state index in [1.165, 1.54) is 11.8 Å². The maximum Gasteiger partial charge on any atom is 0.237 e. The molecule has 0 spiro atoms. The molecule has 8 heteroatoms. The van der Waals surface area contributed by atoms with Crippen molar-refractivity contribution in [2.24, 2.45) is 7.05 Å². The van der Waals surface area contributed by atoms with Crippen molar-refractivity contribution >= 4 is 29.0 Å². The summed E-state index contributed by atoms with van der Waals surface area (Å²) in [6.45, 7) is 7.21. The van der Waals surface area contributed by atoms with E-state index in [0.29, 0.717) is 5.16 Å². The van der Waals surface area contributed by atoms with E-state index >= 15 is 0 Å². The van der Waals surface area contributed by atoms with Crippen molar-refractivity contribution < 1.29 is 9.53 Å². The Morgan fingerprint density at radius 1 is 1.10 bits per heavy atom. The molecule has 4 rings (SSSR count). The highest BCUT2D eigenvalue weighted by Crippen LogP contribution is 2.28. The molecule has 1 aromatic heterocycles. The highest BCUT2D eigenvalue weighted by atomic mass is 32.2. The molecule has 162 valence electrons. The normalized spacial score (nSPS) is 15.0. The van der Waals surface area contributed by atoms with E-state index in [9.17, 15) is 4.79 Å². The summed E-state index contributed by atoms with van der Waals surface area (Å²) in [5.74, 6) is 0.733. The number of nitrogens with zero attached hydrogens (tertiary/aromatic N) is 4. The van der Waals surface area contributed by atoms with E-state index in [4.69, 9.17) is 4.74 Å².